The van der Waals surface area contributed by atoms with Crippen molar-refractivity contribution in [1.29, 1.82) is 0 Å². The van der Waals surface area contributed by atoms with E-state index >= 15 is 0 Å². The Balaban J connectivity index is 2.41. The maximum Gasteiger partial charge on any atom is 0.325 e. The summed E-state index contributed by atoms with van der Waals surface area (Å²) in [5, 5.41) is 7.45. The fraction of sp³-hybridized carbons (Fsp3) is 0.250. The monoisotopic (exact) mass is 232 g/mol. The van der Waals surface area contributed by atoms with Gasteiger partial charge in [-0.25, -0.2) is 4.79 Å². The fourth-order valence-corrected chi connectivity index (χ4v) is 1.35. The lowest BCUT2D eigenvalue weighted by Gasteiger charge is -2.05. The number of carbonyl (C=O) groups excluding carboxylic acids is 2. The van der Waals surface area contributed by atoms with Crippen molar-refractivity contribution in [3.05, 3.63) is 16.8 Å². The van der Waals surface area contributed by atoms with Gasteiger partial charge in [-0.05, 0) is 18.4 Å². The Hall–Kier alpha value is -1.07. The largest absolute Gasteiger partial charge is 0.325 e. The Kier molecular flexibility index (Phi) is 3.91. The second kappa shape index (κ2) is 4.97. The second-order valence-corrected chi connectivity index (χ2v) is 4.01. The second-order valence-electron chi connectivity index (χ2n) is 2.57. The molecule has 0 aliphatic heterocycles. The first kappa shape index (κ1) is 11.0. The number of urea groups is 1. The molecule has 0 saturated carbocycles. The Morgan fingerprint density at radius 1 is 1.57 bits per heavy atom. The van der Waals surface area contributed by atoms with Gasteiger partial charge in [-0.2, -0.15) is 11.3 Å². The standard InChI is InChI=1S/C8H9ClN2O2S/c1-5(9)7(12)11-8(13)10-6-2-3-14-4-6/h2-5H,1H3,(H2,10,11,12,13). The number of alkyl halides is 1. The number of rotatable bonds is 2. The van der Waals surface area contributed by atoms with Crippen LogP contribution >= 0.6 is 22.9 Å². The Morgan fingerprint density at radius 2 is 2.29 bits per heavy atom. The molecule has 1 heterocycles. The molecule has 0 aromatic carbocycles. The van der Waals surface area contributed by atoms with Gasteiger partial charge in [0.05, 0.1) is 5.69 Å². The molecule has 0 spiro atoms. The van der Waals surface area contributed by atoms with Crippen LogP contribution in [-0.2, 0) is 4.79 Å². The first-order chi connectivity index (χ1) is 6.59. The summed E-state index contributed by atoms with van der Waals surface area (Å²) in [6.07, 6.45) is 0. The van der Waals surface area contributed by atoms with Gasteiger partial charge in [0.25, 0.3) is 0 Å². The third-order valence-corrected chi connectivity index (χ3v) is 2.26. The highest BCUT2D eigenvalue weighted by molar-refractivity contribution is 7.08. The normalized spacial score (nSPS) is 11.9. The quantitative estimate of drug-likeness (QED) is 0.767. The van der Waals surface area contributed by atoms with Gasteiger partial charge >= 0.3 is 6.03 Å². The molecule has 3 amide bonds. The molecule has 0 aliphatic rings. The lowest BCUT2D eigenvalue weighted by atomic mass is 10.4. The van der Waals surface area contributed by atoms with Crippen LogP contribution in [0.2, 0.25) is 0 Å². The number of nitrogens with one attached hydrogen (secondary N) is 2. The number of halogens is 1. The van der Waals surface area contributed by atoms with E-state index in [0.717, 1.165) is 0 Å². The molecule has 0 saturated heterocycles. The van der Waals surface area contributed by atoms with Gasteiger partial charge in [0.15, 0.2) is 0 Å². The van der Waals surface area contributed by atoms with E-state index in [1.54, 1.807) is 11.4 Å². The van der Waals surface area contributed by atoms with Crippen LogP contribution in [0.4, 0.5) is 10.5 Å². The van der Waals surface area contributed by atoms with Crippen molar-refractivity contribution in [2.24, 2.45) is 0 Å². The summed E-state index contributed by atoms with van der Waals surface area (Å²) >= 11 is 6.92. The molecule has 1 aromatic rings. The molecule has 1 unspecified atom stereocenters. The first-order valence-electron chi connectivity index (χ1n) is 3.87. The summed E-state index contributed by atoms with van der Waals surface area (Å²) in [7, 11) is 0. The highest BCUT2D eigenvalue weighted by Crippen LogP contribution is 2.11. The van der Waals surface area contributed by atoms with Crippen LogP contribution in [0.1, 0.15) is 6.92 Å². The molecule has 76 valence electrons. The average Bonchev–Trinajstić information content (AvgIpc) is 2.56. The summed E-state index contributed by atoms with van der Waals surface area (Å²) < 4.78 is 0. The lowest BCUT2D eigenvalue weighted by Crippen LogP contribution is -2.38. The van der Waals surface area contributed by atoms with Crippen LogP contribution in [0.25, 0.3) is 0 Å². The SMILES string of the molecule is CC(Cl)C(=O)NC(=O)Nc1ccsc1. The van der Waals surface area contributed by atoms with Gasteiger partial charge in [0.1, 0.15) is 5.38 Å². The van der Waals surface area contributed by atoms with Crippen molar-refractivity contribution in [1.82, 2.24) is 5.32 Å². The van der Waals surface area contributed by atoms with Crippen LogP contribution in [-0.4, -0.2) is 17.3 Å². The average molecular weight is 233 g/mol. The van der Waals surface area contributed by atoms with Crippen LogP contribution in [0, 0.1) is 0 Å². The maximum atomic E-state index is 11.1. The summed E-state index contributed by atoms with van der Waals surface area (Å²) in [6.45, 7) is 1.49. The van der Waals surface area contributed by atoms with Crippen molar-refractivity contribution >= 4 is 40.6 Å². The van der Waals surface area contributed by atoms with Crippen LogP contribution in [0.3, 0.4) is 0 Å². The molecule has 1 atom stereocenters. The van der Waals surface area contributed by atoms with E-state index in [-0.39, 0.29) is 0 Å². The Morgan fingerprint density at radius 3 is 2.79 bits per heavy atom. The zero-order chi connectivity index (χ0) is 10.6. The van der Waals surface area contributed by atoms with Crippen molar-refractivity contribution in [3.63, 3.8) is 0 Å². The Labute approximate surface area is 90.3 Å². The van der Waals surface area contributed by atoms with Gasteiger partial charge in [-0.3, -0.25) is 10.1 Å². The number of hydrogen-bond acceptors (Lipinski definition) is 3. The number of hydrogen-bond donors (Lipinski definition) is 2. The summed E-state index contributed by atoms with van der Waals surface area (Å²) in [6, 6.07) is 1.17. The molecule has 0 fully saturated rings. The van der Waals surface area contributed by atoms with Crippen molar-refractivity contribution in [3.8, 4) is 0 Å². The Bertz CT molecular complexity index is 324. The van der Waals surface area contributed by atoms with Gasteiger partial charge < -0.3 is 5.32 Å². The lowest BCUT2D eigenvalue weighted by molar-refractivity contribution is -0.119. The molecule has 14 heavy (non-hydrogen) atoms. The third-order valence-electron chi connectivity index (χ3n) is 1.38. The number of carbonyl (C=O) groups is 2. The van der Waals surface area contributed by atoms with Crippen LogP contribution in [0.15, 0.2) is 16.8 Å². The summed E-state index contributed by atoms with van der Waals surface area (Å²) in [5.41, 5.74) is 0.655. The van der Waals surface area contributed by atoms with Gasteiger partial charge in [-0.15, -0.1) is 11.6 Å². The van der Waals surface area contributed by atoms with E-state index in [1.807, 2.05) is 5.38 Å². The molecular weight excluding hydrogens is 224 g/mol. The highest BCUT2D eigenvalue weighted by atomic mass is 35.5. The predicted octanol–water partition coefficient (Wildman–Crippen LogP) is 2.02. The number of amides is 3. The molecule has 6 heteroatoms. The molecule has 1 aromatic heterocycles. The first-order valence-corrected chi connectivity index (χ1v) is 5.25. The van der Waals surface area contributed by atoms with E-state index in [1.165, 1.54) is 18.3 Å². The third kappa shape index (κ3) is 3.35. The van der Waals surface area contributed by atoms with E-state index in [2.05, 4.69) is 10.6 Å². The summed E-state index contributed by atoms with van der Waals surface area (Å²) in [5.74, 6) is -0.514. The zero-order valence-electron chi connectivity index (χ0n) is 7.41. The van der Waals surface area contributed by atoms with Gasteiger partial charge in [0.2, 0.25) is 5.91 Å². The minimum Gasteiger partial charge on any atom is -0.307 e. The smallest absolute Gasteiger partial charge is 0.307 e. The molecule has 2 N–H and O–H groups in total. The van der Waals surface area contributed by atoms with Crippen molar-refractivity contribution in [2.75, 3.05) is 5.32 Å². The summed E-state index contributed by atoms with van der Waals surface area (Å²) in [4.78, 5) is 22.1. The molecule has 0 aliphatic carbocycles. The molecule has 0 radical (unpaired) electrons. The van der Waals surface area contributed by atoms with Gasteiger partial charge in [-0.1, -0.05) is 0 Å². The minimum absolute atomic E-state index is 0.514. The van der Waals surface area contributed by atoms with E-state index in [9.17, 15) is 9.59 Å². The molecule has 1 rings (SSSR count). The molecule has 4 nitrogen and oxygen atoms in total. The van der Waals surface area contributed by atoms with Crippen molar-refractivity contribution < 1.29 is 9.59 Å². The topological polar surface area (TPSA) is 58.2 Å². The highest BCUT2D eigenvalue weighted by Gasteiger charge is 2.12. The van der Waals surface area contributed by atoms with E-state index in [0.29, 0.717) is 5.69 Å². The predicted molar refractivity (Wildman–Crippen MR) is 56.8 cm³/mol. The number of thiophene rings is 1. The maximum absolute atomic E-state index is 11.1. The molecular formula is C8H9ClN2O2S. The van der Waals surface area contributed by atoms with Crippen LogP contribution < -0.4 is 10.6 Å². The number of imide groups is 1. The minimum atomic E-state index is -0.719. The zero-order valence-corrected chi connectivity index (χ0v) is 8.98. The fourth-order valence-electron chi connectivity index (χ4n) is 0.709. The van der Waals surface area contributed by atoms with E-state index < -0.39 is 17.3 Å². The number of anilines is 1. The molecule has 0 bridgehead atoms. The van der Waals surface area contributed by atoms with Gasteiger partial charge in [0, 0.05) is 5.38 Å². The van der Waals surface area contributed by atoms with E-state index in [4.69, 9.17) is 11.6 Å². The van der Waals surface area contributed by atoms with Crippen molar-refractivity contribution in [2.45, 2.75) is 12.3 Å². The van der Waals surface area contributed by atoms with Crippen LogP contribution in [0.5, 0.6) is 0 Å².